The van der Waals surface area contributed by atoms with Crippen LogP contribution in [-0.4, -0.2) is 31.2 Å². The van der Waals surface area contributed by atoms with Crippen LogP contribution in [-0.2, 0) is 19.1 Å². The van der Waals surface area contributed by atoms with Gasteiger partial charge in [0.2, 0.25) is 0 Å². The molecule has 1 aliphatic rings. The number of carbonyl (C=O) groups excluding carboxylic acids is 2. The zero-order valence-corrected chi connectivity index (χ0v) is 13.6. The Bertz CT molecular complexity index is 708. The van der Waals surface area contributed by atoms with Crippen LogP contribution < -0.4 is 10.1 Å². The Morgan fingerprint density at radius 3 is 2.44 bits per heavy atom. The lowest BCUT2D eigenvalue weighted by molar-refractivity contribution is -0.156. The van der Waals surface area contributed by atoms with Crippen LogP contribution in [0.3, 0.4) is 0 Å². The lowest BCUT2D eigenvalue weighted by Gasteiger charge is -2.10. The molecule has 0 saturated carbocycles. The zero-order valence-electron chi connectivity index (χ0n) is 13.6. The van der Waals surface area contributed by atoms with Gasteiger partial charge in [-0.1, -0.05) is 18.2 Å². The second-order valence-corrected chi connectivity index (χ2v) is 5.60. The van der Waals surface area contributed by atoms with E-state index in [0.717, 1.165) is 12.2 Å². The number of esters is 1. The number of para-hydroxylation sites is 1. The predicted molar refractivity (Wildman–Crippen MR) is 91.5 cm³/mol. The van der Waals surface area contributed by atoms with E-state index < -0.39 is 18.0 Å². The standard InChI is InChI=1S/C19H19NO5/c21-18(13-24-19(22)17-7-4-12-23-17)20-14-8-10-16(11-9-14)25-15-5-2-1-3-6-15/h1-3,5-6,8-11,17H,4,7,12-13H2,(H,20,21)/t17-/m1/s1. The third kappa shape index (κ3) is 5.06. The highest BCUT2D eigenvalue weighted by Gasteiger charge is 2.25. The number of rotatable bonds is 6. The number of carbonyl (C=O) groups is 2. The zero-order chi connectivity index (χ0) is 17.5. The van der Waals surface area contributed by atoms with Gasteiger partial charge in [0.1, 0.15) is 11.5 Å². The normalized spacial score (nSPS) is 16.2. The minimum atomic E-state index is -0.540. The van der Waals surface area contributed by atoms with Crippen LogP contribution in [0.15, 0.2) is 54.6 Å². The van der Waals surface area contributed by atoms with Gasteiger partial charge in [-0.25, -0.2) is 4.79 Å². The SMILES string of the molecule is O=C(COC(=O)[C@H]1CCCO1)Nc1ccc(Oc2ccccc2)cc1. The maximum Gasteiger partial charge on any atom is 0.335 e. The summed E-state index contributed by atoms with van der Waals surface area (Å²) in [5, 5.41) is 2.67. The highest BCUT2D eigenvalue weighted by atomic mass is 16.6. The van der Waals surface area contributed by atoms with Crippen LogP contribution in [0.5, 0.6) is 11.5 Å². The summed E-state index contributed by atoms with van der Waals surface area (Å²) in [4.78, 5) is 23.5. The maximum absolute atomic E-state index is 11.8. The van der Waals surface area contributed by atoms with Gasteiger partial charge in [-0.2, -0.15) is 0 Å². The van der Waals surface area contributed by atoms with Crippen molar-refractivity contribution in [2.45, 2.75) is 18.9 Å². The van der Waals surface area contributed by atoms with Crippen LogP contribution in [0.25, 0.3) is 0 Å². The van der Waals surface area contributed by atoms with E-state index in [4.69, 9.17) is 14.2 Å². The molecule has 1 fully saturated rings. The summed E-state index contributed by atoms with van der Waals surface area (Å²) in [5.74, 6) is 0.511. The minimum Gasteiger partial charge on any atom is -0.457 e. The van der Waals surface area contributed by atoms with E-state index in [1.54, 1.807) is 24.3 Å². The number of nitrogens with one attached hydrogen (secondary N) is 1. The van der Waals surface area contributed by atoms with Crippen molar-refractivity contribution in [1.29, 1.82) is 0 Å². The molecule has 0 spiro atoms. The van der Waals surface area contributed by atoms with Crippen LogP contribution in [0.4, 0.5) is 5.69 Å². The summed E-state index contributed by atoms with van der Waals surface area (Å²) < 4.78 is 15.8. The van der Waals surface area contributed by atoms with Crippen molar-refractivity contribution >= 4 is 17.6 Å². The molecule has 0 unspecified atom stereocenters. The highest BCUT2D eigenvalue weighted by molar-refractivity contribution is 5.93. The molecule has 1 amide bonds. The smallest absolute Gasteiger partial charge is 0.335 e. The van der Waals surface area contributed by atoms with Crippen LogP contribution >= 0.6 is 0 Å². The molecule has 1 heterocycles. The first-order valence-corrected chi connectivity index (χ1v) is 8.12. The Balaban J connectivity index is 1.46. The molecule has 6 nitrogen and oxygen atoms in total. The molecule has 1 atom stereocenters. The average Bonchev–Trinajstić information content (AvgIpc) is 3.17. The van der Waals surface area contributed by atoms with Crippen molar-refractivity contribution in [3.63, 3.8) is 0 Å². The molecule has 6 heteroatoms. The van der Waals surface area contributed by atoms with Gasteiger partial charge in [0.15, 0.2) is 12.7 Å². The van der Waals surface area contributed by atoms with Crippen LogP contribution in [0.2, 0.25) is 0 Å². The molecule has 3 rings (SSSR count). The summed E-state index contributed by atoms with van der Waals surface area (Å²) in [5.41, 5.74) is 0.596. The molecule has 0 radical (unpaired) electrons. The Kier molecular flexibility index (Phi) is 5.64. The third-order valence-electron chi connectivity index (χ3n) is 3.66. The second-order valence-electron chi connectivity index (χ2n) is 5.60. The fourth-order valence-electron chi connectivity index (χ4n) is 2.42. The van der Waals surface area contributed by atoms with Crippen LogP contribution in [0, 0.1) is 0 Å². The predicted octanol–water partition coefficient (Wildman–Crippen LogP) is 3.14. The molecule has 2 aromatic rings. The Labute approximate surface area is 145 Å². The molecule has 1 saturated heterocycles. The van der Waals surface area contributed by atoms with Gasteiger partial charge < -0.3 is 19.5 Å². The van der Waals surface area contributed by atoms with E-state index in [9.17, 15) is 9.59 Å². The Hall–Kier alpha value is -2.86. The molecular formula is C19H19NO5. The highest BCUT2D eigenvalue weighted by Crippen LogP contribution is 2.22. The van der Waals surface area contributed by atoms with E-state index in [2.05, 4.69) is 5.32 Å². The van der Waals surface area contributed by atoms with Crippen molar-refractivity contribution < 1.29 is 23.8 Å². The first-order valence-electron chi connectivity index (χ1n) is 8.12. The van der Waals surface area contributed by atoms with Gasteiger partial charge in [0.05, 0.1) is 0 Å². The fraction of sp³-hybridized carbons (Fsp3) is 0.263. The van der Waals surface area contributed by atoms with E-state index in [1.807, 2.05) is 30.3 Å². The van der Waals surface area contributed by atoms with Gasteiger partial charge >= 0.3 is 5.97 Å². The number of amides is 1. The summed E-state index contributed by atoms with van der Waals surface area (Å²) in [7, 11) is 0. The second kappa shape index (κ2) is 8.30. The van der Waals surface area contributed by atoms with Crippen molar-refractivity contribution in [2.75, 3.05) is 18.5 Å². The van der Waals surface area contributed by atoms with Crippen molar-refractivity contribution in [1.82, 2.24) is 0 Å². The quantitative estimate of drug-likeness (QED) is 0.817. The molecule has 1 aliphatic heterocycles. The summed E-state index contributed by atoms with van der Waals surface area (Å²) in [6.07, 6.45) is 0.939. The van der Waals surface area contributed by atoms with E-state index in [1.165, 1.54) is 0 Å². The van der Waals surface area contributed by atoms with Crippen molar-refractivity contribution in [2.24, 2.45) is 0 Å². The molecule has 0 aliphatic carbocycles. The monoisotopic (exact) mass is 341 g/mol. The largest absolute Gasteiger partial charge is 0.457 e. The van der Waals surface area contributed by atoms with Gasteiger partial charge in [-0.15, -0.1) is 0 Å². The van der Waals surface area contributed by atoms with Gasteiger partial charge in [0, 0.05) is 12.3 Å². The Morgan fingerprint density at radius 1 is 1.04 bits per heavy atom. The number of benzene rings is 2. The van der Waals surface area contributed by atoms with Crippen molar-refractivity contribution in [3.05, 3.63) is 54.6 Å². The number of ether oxygens (including phenoxy) is 3. The van der Waals surface area contributed by atoms with E-state index in [0.29, 0.717) is 24.5 Å². The topological polar surface area (TPSA) is 73.9 Å². The number of hydrogen-bond acceptors (Lipinski definition) is 5. The number of anilines is 1. The van der Waals surface area contributed by atoms with Crippen LogP contribution in [0.1, 0.15) is 12.8 Å². The third-order valence-corrected chi connectivity index (χ3v) is 3.66. The average molecular weight is 341 g/mol. The molecule has 25 heavy (non-hydrogen) atoms. The lowest BCUT2D eigenvalue weighted by Crippen LogP contribution is -2.27. The summed E-state index contributed by atoms with van der Waals surface area (Å²) >= 11 is 0. The molecule has 2 aromatic carbocycles. The first kappa shape index (κ1) is 17.0. The minimum absolute atomic E-state index is 0.332. The molecule has 0 aromatic heterocycles. The van der Waals surface area contributed by atoms with E-state index >= 15 is 0 Å². The molecular weight excluding hydrogens is 322 g/mol. The maximum atomic E-state index is 11.8. The Morgan fingerprint density at radius 2 is 1.76 bits per heavy atom. The summed E-state index contributed by atoms with van der Waals surface area (Å²) in [6, 6.07) is 16.4. The van der Waals surface area contributed by atoms with Crippen molar-refractivity contribution in [3.8, 4) is 11.5 Å². The van der Waals surface area contributed by atoms with E-state index in [-0.39, 0.29) is 6.61 Å². The fourth-order valence-corrected chi connectivity index (χ4v) is 2.42. The first-order chi connectivity index (χ1) is 12.2. The molecule has 0 bridgehead atoms. The van der Waals surface area contributed by atoms with Gasteiger partial charge in [-0.3, -0.25) is 4.79 Å². The molecule has 1 N–H and O–H groups in total. The summed E-state index contributed by atoms with van der Waals surface area (Å²) in [6.45, 7) is 0.227. The lowest BCUT2D eigenvalue weighted by atomic mass is 10.2. The van der Waals surface area contributed by atoms with Gasteiger partial charge in [-0.05, 0) is 49.2 Å². The van der Waals surface area contributed by atoms with Gasteiger partial charge in [0.25, 0.3) is 5.91 Å². The molecule has 130 valence electrons. The number of hydrogen-bond donors (Lipinski definition) is 1.